The van der Waals surface area contributed by atoms with Gasteiger partial charge in [0.05, 0.1) is 0 Å². The molecular weight excluding hydrogens is 187 g/mol. The lowest BCUT2D eigenvalue weighted by molar-refractivity contribution is 0.627. The van der Waals surface area contributed by atoms with Crippen LogP contribution >= 0.6 is 0 Å². The Bertz CT molecular complexity index is 399. The first-order valence-electron chi connectivity index (χ1n) is 4.96. The molecule has 0 atom stereocenters. The van der Waals surface area contributed by atoms with Crippen molar-refractivity contribution in [3.8, 4) is 11.8 Å². The summed E-state index contributed by atoms with van der Waals surface area (Å²) in [6, 6.07) is 6.22. The van der Waals surface area contributed by atoms with Crippen molar-refractivity contribution in [2.24, 2.45) is 5.41 Å². The summed E-state index contributed by atoms with van der Waals surface area (Å²) in [5.41, 5.74) is 0.706. The number of benzene rings is 1. The minimum atomic E-state index is -0.228. The van der Waals surface area contributed by atoms with Crippen LogP contribution in [0.1, 0.15) is 26.3 Å². The van der Waals surface area contributed by atoms with Gasteiger partial charge in [0.2, 0.25) is 0 Å². The first kappa shape index (κ1) is 11.5. The van der Waals surface area contributed by atoms with E-state index in [1.54, 1.807) is 12.1 Å². The van der Waals surface area contributed by atoms with E-state index >= 15 is 0 Å². The third-order valence-corrected chi connectivity index (χ3v) is 1.96. The van der Waals surface area contributed by atoms with Crippen LogP contribution in [0.5, 0.6) is 0 Å². The Morgan fingerprint density at radius 3 is 2.33 bits per heavy atom. The maximum Gasteiger partial charge on any atom is 0.123 e. The maximum atomic E-state index is 12.6. The zero-order chi connectivity index (χ0) is 11.3. The zero-order valence-corrected chi connectivity index (χ0v) is 9.34. The van der Waals surface area contributed by atoms with Gasteiger partial charge in [0.25, 0.3) is 0 Å². The van der Waals surface area contributed by atoms with Crippen molar-refractivity contribution in [3.05, 3.63) is 47.8 Å². The van der Waals surface area contributed by atoms with Gasteiger partial charge in [-0.3, -0.25) is 0 Å². The first-order chi connectivity index (χ1) is 7.03. The summed E-state index contributed by atoms with van der Waals surface area (Å²) >= 11 is 0. The number of hydrogen-bond acceptors (Lipinski definition) is 0. The van der Waals surface area contributed by atoms with Crippen LogP contribution in [0.2, 0.25) is 0 Å². The molecule has 0 aliphatic carbocycles. The second-order valence-corrected chi connectivity index (χ2v) is 3.98. The van der Waals surface area contributed by atoms with E-state index in [0.29, 0.717) is 0 Å². The van der Waals surface area contributed by atoms with E-state index in [2.05, 4.69) is 11.8 Å². The second-order valence-electron chi connectivity index (χ2n) is 3.98. The van der Waals surface area contributed by atoms with E-state index in [1.807, 2.05) is 32.9 Å². The molecular formula is C14H15F. The van der Waals surface area contributed by atoms with Crippen molar-refractivity contribution in [1.29, 1.82) is 0 Å². The van der Waals surface area contributed by atoms with Crippen molar-refractivity contribution in [2.75, 3.05) is 0 Å². The van der Waals surface area contributed by atoms with Crippen molar-refractivity contribution >= 4 is 0 Å². The lowest BCUT2D eigenvalue weighted by Crippen LogP contribution is -2.02. The van der Waals surface area contributed by atoms with Crippen LogP contribution in [0.4, 0.5) is 4.39 Å². The van der Waals surface area contributed by atoms with Gasteiger partial charge in [-0.05, 0) is 45.0 Å². The van der Waals surface area contributed by atoms with Gasteiger partial charge >= 0.3 is 0 Å². The summed E-state index contributed by atoms with van der Waals surface area (Å²) in [6.45, 7) is 6.06. The molecule has 0 aliphatic heterocycles. The van der Waals surface area contributed by atoms with Crippen LogP contribution in [0.3, 0.4) is 0 Å². The van der Waals surface area contributed by atoms with Gasteiger partial charge in [-0.1, -0.05) is 24.0 Å². The van der Waals surface area contributed by atoms with Gasteiger partial charge in [0.1, 0.15) is 5.82 Å². The molecule has 0 amide bonds. The third kappa shape index (κ3) is 3.99. The molecule has 78 valence electrons. The standard InChI is InChI=1S/C14H15F/c1-4-10-14(2,3)11-9-12-5-7-13(15)8-6-12/h4-8,10H,1-3H3/b10-4-. The minimum Gasteiger partial charge on any atom is -0.207 e. The van der Waals surface area contributed by atoms with Crippen LogP contribution in [0.15, 0.2) is 36.4 Å². The highest BCUT2D eigenvalue weighted by Crippen LogP contribution is 2.15. The molecule has 0 heterocycles. The van der Waals surface area contributed by atoms with Crippen LogP contribution in [0.25, 0.3) is 0 Å². The molecule has 15 heavy (non-hydrogen) atoms. The summed E-state index contributed by atoms with van der Waals surface area (Å²) in [6.07, 6.45) is 4.03. The van der Waals surface area contributed by atoms with Crippen molar-refractivity contribution < 1.29 is 4.39 Å². The molecule has 1 aromatic rings. The van der Waals surface area contributed by atoms with E-state index in [4.69, 9.17) is 0 Å². The third-order valence-electron chi connectivity index (χ3n) is 1.96. The number of rotatable bonds is 1. The van der Waals surface area contributed by atoms with Crippen molar-refractivity contribution in [2.45, 2.75) is 20.8 Å². The van der Waals surface area contributed by atoms with Gasteiger partial charge < -0.3 is 0 Å². The Hall–Kier alpha value is -1.55. The summed E-state index contributed by atoms with van der Waals surface area (Å²) in [5, 5.41) is 0. The minimum absolute atomic E-state index is 0.136. The molecule has 1 heteroatoms. The SMILES string of the molecule is C/C=C\C(C)(C)C#Cc1ccc(F)cc1. The Morgan fingerprint density at radius 1 is 1.20 bits per heavy atom. The highest BCUT2D eigenvalue weighted by molar-refractivity contribution is 5.36. The average molecular weight is 202 g/mol. The Kier molecular flexibility index (Phi) is 3.68. The molecule has 0 fully saturated rings. The Morgan fingerprint density at radius 2 is 1.80 bits per heavy atom. The van der Waals surface area contributed by atoms with Crippen LogP contribution in [-0.4, -0.2) is 0 Å². The number of allylic oxidation sites excluding steroid dienone is 2. The quantitative estimate of drug-likeness (QED) is 0.480. The largest absolute Gasteiger partial charge is 0.207 e. The fourth-order valence-electron chi connectivity index (χ4n) is 1.22. The first-order valence-corrected chi connectivity index (χ1v) is 4.96. The van der Waals surface area contributed by atoms with Gasteiger partial charge in [-0.25, -0.2) is 4.39 Å². The predicted octanol–water partition coefficient (Wildman–Crippen LogP) is 3.78. The summed E-state index contributed by atoms with van der Waals surface area (Å²) in [4.78, 5) is 0. The molecule has 0 unspecified atom stereocenters. The van der Waals surface area contributed by atoms with Crippen LogP contribution in [0, 0.1) is 23.1 Å². The average Bonchev–Trinajstić information content (AvgIpc) is 2.17. The molecule has 1 aromatic carbocycles. The summed E-state index contributed by atoms with van der Waals surface area (Å²) in [7, 11) is 0. The zero-order valence-electron chi connectivity index (χ0n) is 9.34. The van der Waals surface area contributed by atoms with E-state index in [9.17, 15) is 4.39 Å². The molecule has 0 aliphatic rings. The maximum absolute atomic E-state index is 12.6. The molecule has 0 radical (unpaired) electrons. The van der Waals surface area contributed by atoms with E-state index < -0.39 is 0 Å². The fraction of sp³-hybridized carbons (Fsp3) is 0.286. The van der Waals surface area contributed by atoms with Crippen LogP contribution < -0.4 is 0 Å². The van der Waals surface area contributed by atoms with E-state index in [1.165, 1.54) is 12.1 Å². The fourth-order valence-corrected chi connectivity index (χ4v) is 1.22. The van der Waals surface area contributed by atoms with Crippen molar-refractivity contribution in [1.82, 2.24) is 0 Å². The number of halogens is 1. The topological polar surface area (TPSA) is 0 Å². The van der Waals surface area contributed by atoms with E-state index in [-0.39, 0.29) is 11.2 Å². The van der Waals surface area contributed by atoms with Crippen molar-refractivity contribution in [3.63, 3.8) is 0 Å². The highest BCUT2D eigenvalue weighted by atomic mass is 19.1. The molecule has 0 bridgehead atoms. The van der Waals surface area contributed by atoms with Gasteiger partial charge in [0.15, 0.2) is 0 Å². The summed E-state index contributed by atoms with van der Waals surface area (Å²) < 4.78 is 12.6. The smallest absolute Gasteiger partial charge is 0.123 e. The van der Waals surface area contributed by atoms with Gasteiger partial charge in [0, 0.05) is 11.0 Å². The monoisotopic (exact) mass is 202 g/mol. The Balaban J connectivity index is 2.86. The Labute approximate surface area is 90.8 Å². The highest BCUT2D eigenvalue weighted by Gasteiger charge is 2.07. The predicted molar refractivity (Wildman–Crippen MR) is 61.9 cm³/mol. The lowest BCUT2D eigenvalue weighted by atomic mass is 9.93. The molecule has 0 spiro atoms. The second kappa shape index (κ2) is 4.79. The lowest BCUT2D eigenvalue weighted by Gasteiger charge is -2.09. The molecule has 1 rings (SSSR count). The van der Waals surface area contributed by atoms with Gasteiger partial charge in [-0.15, -0.1) is 0 Å². The molecule has 0 aromatic heterocycles. The molecule has 0 saturated carbocycles. The summed E-state index contributed by atoms with van der Waals surface area (Å²) in [5.74, 6) is 5.94. The van der Waals surface area contributed by atoms with Gasteiger partial charge in [-0.2, -0.15) is 0 Å². The molecule has 0 N–H and O–H groups in total. The van der Waals surface area contributed by atoms with E-state index in [0.717, 1.165) is 5.56 Å². The molecule has 0 nitrogen and oxygen atoms in total. The molecule has 0 saturated heterocycles. The normalized spacial score (nSPS) is 11.2. The number of hydrogen-bond donors (Lipinski definition) is 0. The van der Waals surface area contributed by atoms with Crippen LogP contribution in [-0.2, 0) is 0 Å².